The van der Waals surface area contributed by atoms with Gasteiger partial charge in [-0.05, 0) is 60.3 Å². The van der Waals surface area contributed by atoms with Gasteiger partial charge >= 0.3 is 0 Å². The maximum Gasteiger partial charge on any atom is 0.137 e. The molecule has 0 aliphatic heterocycles. The van der Waals surface area contributed by atoms with Crippen molar-refractivity contribution in [3.05, 3.63) is 34.1 Å². The molecule has 0 radical (unpaired) electrons. The minimum atomic E-state index is -0.198. The third kappa shape index (κ3) is 6.02. The molecule has 0 aliphatic rings. The zero-order valence-corrected chi connectivity index (χ0v) is 13.3. The fourth-order valence-electron chi connectivity index (χ4n) is 1.97. The van der Waals surface area contributed by atoms with Gasteiger partial charge in [0.25, 0.3) is 0 Å². The van der Waals surface area contributed by atoms with Crippen LogP contribution in [-0.4, -0.2) is 25.8 Å². The van der Waals surface area contributed by atoms with Crippen LogP contribution in [0.3, 0.4) is 0 Å². The Bertz CT molecular complexity index is 373. The molecule has 1 aromatic rings. The van der Waals surface area contributed by atoms with E-state index in [0.29, 0.717) is 10.5 Å². The predicted molar refractivity (Wildman–Crippen MR) is 81.0 cm³/mol. The maximum absolute atomic E-state index is 13.5. The first-order chi connectivity index (χ1) is 9.19. The molecule has 0 bridgehead atoms. The Morgan fingerprint density at radius 2 is 2.16 bits per heavy atom. The van der Waals surface area contributed by atoms with Gasteiger partial charge < -0.3 is 10.1 Å². The summed E-state index contributed by atoms with van der Waals surface area (Å²) >= 11 is 3.32. The molecule has 1 N–H and O–H groups in total. The van der Waals surface area contributed by atoms with Gasteiger partial charge in [0.2, 0.25) is 0 Å². The van der Waals surface area contributed by atoms with Gasteiger partial charge in [-0.15, -0.1) is 0 Å². The van der Waals surface area contributed by atoms with Gasteiger partial charge in [-0.1, -0.05) is 19.1 Å². The SMILES string of the molecule is CCCNC(CCOCC)Cc1cccc(F)c1Br. The number of nitrogens with one attached hydrogen (secondary N) is 1. The topological polar surface area (TPSA) is 21.3 Å². The smallest absolute Gasteiger partial charge is 0.137 e. The second kappa shape index (κ2) is 9.45. The molecule has 0 spiro atoms. The third-order valence-electron chi connectivity index (χ3n) is 3.00. The minimum Gasteiger partial charge on any atom is -0.382 e. The minimum absolute atomic E-state index is 0.198. The van der Waals surface area contributed by atoms with Crippen LogP contribution >= 0.6 is 15.9 Å². The number of halogens is 2. The van der Waals surface area contributed by atoms with E-state index in [-0.39, 0.29) is 5.82 Å². The van der Waals surface area contributed by atoms with Crippen molar-refractivity contribution in [1.82, 2.24) is 5.32 Å². The molecule has 108 valence electrons. The number of hydrogen-bond acceptors (Lipinski definition) is 2. The summed E-state index contributed by atoms with van der Waals surface area (Å²) in [6.07, 6.45) is 2.84. The normalized spacial score (nSPS) is 12.6. The van der Waals surface area contributed by atoms with Crippen molar-refractivity contribution < 1.29 is 9.13 Å². The van der Waals surface area contributed by atoms with Crippen LogP contribution in [0.4, 0.5) is 4.39 Å². The number of rotatable bonds is 9. The molecule has 1 rings (SSSR count). The van der Waals surface area contributed by atoms with E-state index in [9.17, 15) is 4.39 Å². The zero-order valence-electron chi connectivity index (χ0n) is 11.7. The highest BCUT2D eigenvalue weighted by Gasteiger charge is 2.12. The molecular weight excluding hydrogens is 309 g/mol. The van der Waals surface area contributed by atoms with Gasteiger partial charge in [-0.25, -0.2) is 4.39 Å². The van der Waals surface area contributed by atoms with Crippen molar-refractivity contribution in [3.8, 4) is 0 Å². The Hall–Kier alpha value is -0.450. The van der Waals surface area contributed by atoms with E-state index in [4.69, 9.17) is 4.74 Å². The van der Waals surface area contributed by atoms with Crippen LogP contribution in [0.15, 0.2) is 22.7 Å². The monoisotopic (exact) mass is 331 g/mol. The van der Waals surface area contributed by atoms with E-state index < -0.39 is 0 Å². The van der Waals surface area contributed by atoms with Crippen molar-refractivity contribution in [3.63, 3.8) is 0 Å². The zero-order chi connectivity index (χ0) is 14.1. The molecule has 2 nitrogen and oxygen atoms in total. The van der Waals surface area contributed by atoms with Crippen molar-refractivity contribution in [2.75, 3.05) is 19.8 Å². The predicted octanol–water partition coefficient (Wildman–Crippen LogP) is 3.93. The lowest BCUT2D eigenvalue weighted by atomic mass is 10.0. The maximum atomic E-state index is 13.5. The number of ether oxygens (including phenoxy) is 1. The van der Waals surface area contributed by atoms with Crippen molar-refractivity contribution >= 4 is 15.9 Å². The molecule has 0 amide bonds. The summed E-state index contributed by atoms with van der Waals surface area (Å²) < 4.78 is 19.5. The highest BCUT2D eigenvalue weighted by molar-refractivity contribution is 9.10. The van der Waals surface area contributed by atoms with Crippen LogP contribution < -0.4 is 5.32 Å². The summed E-state index contributed by atoms with van der Waals surface area (Å²) in [5.41, 5.74) is 1.00. The van der Waals surface area contributed by atoms with E-state index in [0.717, 1.165) is 44.6 Å². The Morgan fingerprint density at radius 1 is 1.37 bits per heavy atom. The summed E-state index contributed by atoms with van der Waals surface area (Å²) in [7, 11) is 0. The van der Waals surface area contributed by atoms with Crippen LogP contribution in [0, 0.1) is 5.82 Å². The number of benzene rings is 1. The lowest BCUT2D eigenvalue weighted by Crippen LogP contribution is -2.33. The van der Waals surface area contributed by atoms with E-state index in [1.165, 1.54) is 6.07 Å². The molecular formula is C15H23BrFNO. The number of hydrogen-bond donors (Lipinski definition) is 1. The Labute approximate surface area is 123 Å². The average molecular weight is 332 g/mol. The molecule has 0 fully saturated rings. The molecule has 0 aromatic heterocycles. The van der Waals surface area contributed by atoms with Gasteiger partial charge in [-0.3, -0.25) is 0 Å². The molecule has 0 saturated carbocycles. The lowest BCUT2D eigenvalue weighted by molar-refractivity contribution is 0.136. The van der Waals surface area contributed by atoms with E-state index in [1.807, 2.05) is 13.0 Å². The first-order valence-electron chi connectivity index (χ1n) is 6.93. The summed E-state index contributed by atoms with van der Waals surface area (Å²) in [5.74, 6) is -0.198. The van der Waals surface area contributed by atoms with E-state index in [1.54, 1.807) is 6.07 Å². The fraction of sp³-hybridized carbons (Fsp3) is 0.600. The summed E-state index contributed by atoms with van der Waals surface area (Å²) in [6, 6.07) is 5.52. The highest BCUT2D eigenvalue weighted by atomic mass is 79.9. The first-order valence-corrected chi connectivity index (χ1v) is 7.72. The van der Waals surface area contributed by atoms with Crippen molar-refractivity contribution in [2.45, 2.75) is 39.2 Å². The Balaban J connectivity index is 2.61. The largest absolute Gasteiger partial charge is 0.382 e. The van der Waals surface area contributed by atoms with Gasteiger partial charge in [0.05, 0.1) is 4.47 Å². The molecule has 19 heavy (non-hydrogen) atoms. The molecule has 4 heteroatoms. The summed E-state index contributed by atoms with van der Waals surface area (Å²) in [6.45, 7) is 6.60. The molecule has 1 unspecified atom stereocenters. The van der Waals surface area contributed by atoms with E-state index in [2.05, 4.69) is 28.2 Å². The van der Waals surface area contributed by atoms with Gasteiger partial charge in [0.1, 0.15) is 5.82 Å². The molecule has 0 aliphatic carbocycles. The van der Waals surface area contributed by atoms with Crippen molar-refractivity contribution in [2.24, 2.45) is 0 Å². The quantitative estimate of drug-likeness (QED) is 0.692. The standard InChI is InChI=1S/C15H23BrFNO/c1-3-9-18-13(8-10-19-4-2)11-12-6-5-7-14(17)15(12)16/h5-7,13,18H,3-4,8-11H2,1-2H3. The van der Waals surface area contributed by atoms with Crippen LogP contribution in [0.2, 0.25) is 0 Å². The van der Waals surface area contributed by atoms with Crippen LogP contribution in [0.25, 0.3) is 0 Å². The fourth-order valence-corrected chi connectivity index (χ4v) is 2.39. The second-order valence-corrected chi connectivity index (χ2v) is 5.35. The highest BCUT2D eigenvalue weighted by Crippen LogP contribution is 2.22. The van der Waals surface area contributed by atoms with Crippen LogP contribution in [0.1, 0.15) is 32.3 Å². The molecule has 0 heterocycles. The second-order valence-electron chi connectivity index (χ2n) is 4.55. The Kier molecular flexibility index (Phi) is 8.26. The third-order valence-corrected chi connectivity index (χ3v) is 3.88. The molecule has 1 aromatic carbocycles. The lowest BCUT2D eigenvalue weighted by Gasteiger charge is -2.19. The van der Waals surface area contributed by atoms with Gasteiger partial charge in [0.15, 0.2) is 0 Å². The summed E-state index contributed by atoms with van der Waals surface area (Å²) in [4.78, 5) is 0. The van der Waals surface area contributed by atoms with Crippen LogP contribution in [-0.2, 0) is 11.2 Å². The average Bonchev–Trinajstić information content (AvgIpc) is 2.41. The van der Waals surface area contributed by atoms with Gasteiger partial charge in [-0.2, -0.15) is 0 Å². The van der Waals surface area contributed by atoms with Crippen LogP contribution in [0.5, 0.6) is 0 Å². The van der Waals surface area contributed by atoms with Crippen molar-refractivity contribution in [1.29, 1.82) is 0 Å². The summed E-state index contributed by atoms with van der Waals surface area (Å²) in [5, 5.41) is 3.50. The van der Waals surface area contributed by atoms with Gasteiger partial charge in [0, 0.05) is 19.3 Å². The molecule has 1 atom stereocenters. The molecule has 0 saturated heterocycles. The first kappa shape index (κ1) is 16.6. The Morgan fingerprint density at radius 3 is 2.84 bits per heavy atom. The van der Waals surface area contributed by atoms with E-state index >= 15 is 0 Å².